The van der Waals surface area contributed by atoms with Crippen molar-refractivity contribution in [3.8, 4) is 5.75 Å². The zero-order valence-electron chi connectivity index (χ0n) is 16.7. The molecule has 2 aromatic rings. The molecule has 0 radical (unpaired) electrons. The quantitative estimate of drug-likeness (QED) is 0.418. The van der Waals surface area contributed by atoms with Gasteiger partial charge in [-0.3, -0.25) is 5.43 Å². The van der Waals surface area contributed by atoms with Gasteiger partial charge in [0.15, 0.2) is 5.11 Å². The third-order valence-electron chi connectivity index (χ3n) is 4.82. The minimum Gasteiger partial charge on any atom is -0.494 e. The summed E-state index contributed by atoms with van der Waals surface area (Å²) in [4.78, 5) is 0. The molecule has 7 heteroatoms. The van der Waals surface area contributed by atoms with Gasteiger partial charge in [0.05, 0.1) is 18.9 Å². The van der Waals surface area contributed by atoms with Gasteiger partial charge >= 0.3 is 0 Å². The Labute approximate surface area is 171 Å². The zero-order valence-corrected chi connectivity index (χ0v) is 17.5. The highest BCUT2D eigenvalue weighted by Crippen LogP contribution is 2.19. The summed E-state index contributed by atoms with van der Waals surface area (Å²) in [6.45, 7) is 8.61. The van der Waals surface area contributed by atoms with Crippen molar-refractivity contribution in [3.63, 3.8) is 0 Å². The van der Waals surface area contributed by atoms with Crippen LogP contribution >= 0.6 is 12.2 Å². The van der Waals surface area contributed by atoms with Crippen LogP contribution in [-0.2, 0) is 11.3 Å². The molecular formula is C21H28N4O2S. The Bertz CT molecular complexity index is 824. The summed E-state index contributed by atoms with van der Waals surface area (Å²) in [7, 11) is 0. The summed E-state index contributed by atoms with van der Waals surface area (Å²) >= 11 is 5.31. The fourth-order valence-electron chi connectivity index (χ4n) is 3.35. The molecule has 1 aromatic carbocycles. The lowest BCUT2D eigenvalue weighted by Gasteiger charge is -2.14. The van der Waals surface area contributed by atoms with E-state index in [9.17, 15) is 0 Å². The van der Waals surface area contributed by atoms with Gasteiger partial charge < -0.3 is 19.4 Å². The SMILES string of the molecule is CCOc1ccc(NC(=S)N/N=C\c2cc(C)n(C[C@@H]3CCCO3)c2C)cc1. The lowest BCUT2D eigenvalue weighted by Crippen LogP contribution is -2.23. The number of nitrogens with zero attached hydrogens (tertiary/aromatic N) is 2. The number of hydrazone groups is 1. The molecule has 2 heterocycles. The molecule has 0 aliphatic carbocycles. The second-order valence-corrected chi connectivity index (χ2v) is 7.26. The van der Waals surface area contributed by atoms with E-state index in [0.29, 0.717) is 17.8 Å². The first kappa shape index (κ1) is 20.4. The number of anilines is 1. The largest absolute Gasteiger partial charge is 0.494 e. The standard InChI is InChI=1S/C21H28N4O2S/c1-4-26-19-9-7-18(8-10-19)23-21(28)24-22-13-17-12-15(2)25(16(17)3)14-20-6-5-11-27-20/h7-10,12-13,20H,4-6,11,14H2,1-3H3,(H2,23,24,28)/b22-13-/t20-/m0/s1. The molecule has 0 bridgehead atoms. The van der Waals surface area contributed by atoms with Crippen molar-refractivity contribution >= 4 is 29.2 Å². The third-order valence-corrected chi connectivity index (χ3v) is 5.01. The molecule has 3 rings (SSSR count). The predicted octanol–water partition coefficient (Wildman–Crippen LogP) is 4.00. The molecule has 150 valence electrons. The van der Waals surface area contributed by atoms with Crippen LogP contribution in [0, 0.1) is 13.8 Å². The Morgan fingerprint density at radius 1 is 1.36 bits per heavy atom. The number of rotatable bonds is 7. The summed E-state index contributed by atoms with van der Waals surface area (Å²) in [6.07, 6.45) is 4.41. The van der Waals surface area contributed by atoms with Crippen LogP contribution in [0.2, 0.25) is 0 Å². The van der Waals surface area contributed by atoms with E-state index < -0.39 is 0 Å². The molecule has 2 N–H and O–H groups in total. The average Bonchev–Trinajstić information content (AvgIpc) is 3.28. The minimum atomic E-state index is 0.318. The monoisotopic (exact) mass is 400 g/mol. The molecule has 0 unspecified atom stereocenters. The number of thiocarbonyl (C=S) groups is 1. The van der Waals surface area contributed by atoms with E-state index in [1.807, 2.05) is 31.2 Å². The molecule has 0 spiro atoms. The Balaban J connectivity index is 1.54. The number of aryl methyl sites for hydroxylation is 1. The molecule has 1 aliphatic rings. The van der Waals surface area contributed by atoms with Crippen LogP contribution in [0.5, 0.6) is 5.75 Å². The van der Waals surface area contributed by atoms with Gasteiger partial charge in [-0.05, 0) is 76.2 Å². The van der Waals surface area contributed by atoms with Crippen molar-refractivity contribution in [2.45, 2.75) is 46.3 Å². The Morgan fingerprint density at radius 3 is 2.82 bits per heavy atom. The van der Waals surface area contributed by atoms with Gasteiger partial charge in [0.25, 0.3) is 0 Å². The second kappa shape index (κ2) is 9.71. The van der Waals surface area contributed by atoms with Gasteiger partial charge in [0.1, 0.15) is 5.75 Å². The second-order valence-electron chi connectivity index (χ2n) is 6.85. The van der Waals surface area contributed by atoms with Crippen LogP contribution in [0.25, 0.3) is 0 Å². The van der Waals surface area contributed by atoms with Gasteiger partial charge in [0, 0.05) is 35.8 Å². The molecule has 1 saturated heterocycles. The lowest BCUT2D eigenvalue weighted by atomic mass is 10.2. The van der Waals surface area contributed by atoms with E-state index in [0.717, 1.165) is 43.0 Å². The van der Waals surface area contributed by atoms with E-state index in [1.54, 1.807) is 6.21 Å². The van der Waals surface area contributed by atoms with Crippen molar-refractivity contribution in [2.24, 2.45) is 5.10 Å². The van der Waals surface area contributed by atoms with Crippen molar-refractivity contribution < 1.29 is 9.47 Å². The van der Waals surface area contributed by atoms with Gasteiger partial charge in [-0.15, -0.1) is 0 Å². The number of hydrogen-bond acceptors (Lipinski definition) is 4. The Hall–Kier alpha value is -2.38. The minimum absolute atomic E-state index is 0.318. The van der Waals surface area contributed by atoms with Gasteiger partial charge in [-0.2, -0.15) is 5.10 Å². The highest BCUT2D eigenvalue weighted by molar-refractivity contribution is 7.80. The molecule has 0 saturated carbocycles. The maximum Gasteiger partial charge on any atom is 0.191 e. The van der Waals surface area contributed by atoms with Crippen molar-refractivity contribution in [2.75, 3.05) is 18.5 Å². The van der Waals surface area contributed by atoms with Gasteiger partial charge in [0.2, 0.25) is 0 Å². The van der Waals surface area contributed by atoms with Crippen LogP contribution in [0.1, 0.15) is 36.7 Å². The smallest absolute Gasteiger partial charge is 0.191 e. The Morgan fingerprint density at radius 2 is 2.14 bits per heavy atom. The van der Waals surface area contributed by atoms with Crippen LogP contribution in [-0.4, -0.2) is 35.2 Å². The first-order valence-corrected chi connectivity index (χ1v) is 10.1. The number of hydrogen-bond donors (Lipinski definition) is 2. The topological polar surface area (TPSA) is 59.8 Å². The molecule has 1 atom stereocenters. The summed E-state index contributed by atoms with van der Waals surface area (Å²) in [6, 6.07) is 9.78. The van der Waals surface area contributed by atoms with E-state index in [-0.39, 0.29) is 0 Å². The van der Waals surface area contributed by atoms with E-state index in [1.165, 1.54) is 11.4 Å². The molecule has 1 aliphatic heterocycles. The van der Waals surface area contributed by atoms with Crippen molar-refractivity contribution in [1.29, 1.82) is 0 Å². The Kier molecular flexibility index (Phi) is 7.06. The lowest BCUT2D eigenvalue weighted by molar-refractivity contribution is 0.0962. The molecule has 0 amide bonds. The first-order valence-electron chi connectivity index (χ1n) is 9.68. The molecule has 28 heavy (non-hydrogen) atoms. The number of ether oxygens (including phenoxy) is 2. The van der Waals surface area contributed by atoms with E-state index >= 15 is 0 Å². The number of aromatic nitrogens is 1. The third kappa shape index (κ3) is 5.33. The maximum absolute atomic E-state index is 5.77. The number of nitrogens with one attached hydrogen (secondary N) is 2. The van der Waals surface area contributed by atoms with Crippen LogP contribution in [0.4, 0.5) is 5.69 Å². The first-order chi connectivity index (χ1) is 13.6. The molecule has 1 aromatic heterocycles. The fourth-order valence-corrected chi connectivity index (χ4v) is 3.52. The molecular weight excluding hydrogens is 372 g/mol. The molecule has 1 fully saturated rings. The zero-order chi connectivity index (χ0) is 19.9. The molecule has 6 nitrogen and oxygen atoms in total. The van der Waals surface area contributed by atoms with E-state index in [4.69, 9.17) is 21.7 Å². The fraction of sp³-hybridized carbons (Fsp3) is 0.429. The van der Waals surface area contributed by atoms with Crippen LogP contribution in [0.15, 0.2) is 35.4 Å². The number of benzene rings is 1. The van der Waals surface area contributed by atoms with E-state index in [2.05, 4.69) is 40.3 Å². The van der Waals surface area contributed by atoms with Crippen LogP contribution < -0.4 is 15.5 Å². The van der Waals surface area contributed by atoms with Gasteiger partial charge in [-0.1, -0.05) is 0 Å². The van der Waals surface area contributed by atoms with Crippen molar-refractivity contribution in [3.05, 3.63) is 47.3 Å². The highest BCUT2D eigenvalue weighted by atomic mass is 32.1. The summed E-state index contributed by atoms with van der Waals surface area (Å²) < 4.78 is 13.5. The summed E-state index contributed by atoms with van der Waals surface area (Å²) in [5.74, 6) is 0.836. The van der Waals surface area contributed by atoms with Gasteiger partial charge in [-0.25, -0.2) is 0 Å². The summed E-state index contributed by atoms with van der Waals surface area (Å²) in [5.41, 5.74) is 7.23. The van der Waals surface area contributed by atoms with Crippen molar-refractivity contribution in [1.82, 2.24) is 9.99 Å². The average molecular weight is 401 g/mol. The highest BCUT2D eigenvalue weighted by Gasteiger charge is 2.18. The predicted molar refractivity (Wildman–Crippen MR) is 117 cm³/mol. The summed E-state index contributed by atoms with van der Waals surface area (Å²) in [5, 5.41) is 7.83. The normalized spacial score (nSPS) is 16.5. The van der Waals surface area contributed by atoms with Crippen LogP contribution in [0.3, 0.4) is 0 Å². The maximum atomic E-state index is 5.77.